The van der Waals surface area contributed by atoms with E-state index < -0.39 is 11.7 Å². The molecule has 1 aromatic heterocycles. The van der Waals surface area contributed by atoms with Gasteiger partial charge in [0.1, 0.15) is 0 Å². The number of rotatable bonds is 3. The van der Waals surface area contributed by atoms with Crippen LogP contribution in [0.15, 0.2) is 36.8 Å². The average molecular weight is 269 g/mol. The van der Waals surface area contributed by atoms with Crippen LogP contribution in [0.25, 0.3) is 0 Å². The molecule has 0 saturated heterocycles. The first kappa shape index (κ1) is 13.6. The van der Waals surface area contributed by atoms with Crippen LogP contribution in [-0.2, 0) is 12.7 Å². The zero-order valence-electron chi connectivity index (χ0n) is 10.4. The third-order valence-electron chi connectivity index (χ3n) is 2.87. The van der Waals surface area contributed by atoms with Gasteiger partial charge >= 0.3 is 6.18 Å². The molecule has 0 fully saturated rings. The van der Waals surface area contributed by atoms with Gasteiger partial charge in [-0.2, -0.15) is 13.2 Å². The van der Waals surface area contributed by atoms with Crippen molar-refractivity contribution in [2.45, 2.75) is 25.7 Å². The van der Waals surface area contributed by atoms with Gasteiger partial charge in [0.15, 0.2) is 0 Å². The second kappa shape index (κ2) is 5.05. The van der Waals surface area contributed by atoms with Gasteiger partial charge in [0.25, 0.3) is 0 Å². The molecule has 0 bridgehead atoms. The first-order valence-electron chi connectivity index (χ1n) is 5.80. The second-order valence-electron chi connectivity index (χ2n) is 4.39. The van der Waals surface area contributed by atoms with Gasteiger partial charge in [-0.3, -0.25) is 0 Å². The molecule has 0 radical (unpaired) electrons. The number of nitrogens with two attached hydrogens (primary N) is 1. The summed E-state index contributed by atoms with van der Waals surface area (Å²) in [6.45, 7) is 1.87. The standard InChI is InChI=1S/C13H14F3N3/c1-9(17)12-6-18-8-19(12)7-10-4-2-3-5-11(10)13(14,15)16/h2-6,8-9H,7,17H2,1H3/t9-/m1/s1. The molecule has 6 heteroatoms. The normalized spacial score (nSPS) is 13.5. The Morgan fingerprint density at radius 1 is 1.32 bits per heavy atom. The van der Waals surface area contributed by atoms with Gasteiger partial charge in [0.2, 0.25) is 0 Å². The van der Waals surface area contributed by atoms with E-state index in [-0.39, 0.29) is 18.2 Å². The molecule has 1 atom stereocenters. The number of nitrogens with zero attached hydrogens (tertiary/aromatic N) is 2. The van der Waals surface area contributed by atoms with E-state index in [1.807, 2.05) is 0 Å². The van der Waals surface area contributed by atoms with E-state index in [2.05, 4.69) is 4.98 Å². The molecule has 19 heavy (non-hydrogen) atoms. The minimum absolute atomic E-state index is 0.104. The molecule has 2 aromatic rings. The number of alkyl halides is 3. The van der Waals surface area contributed by atoms with Crippen LogP contribution in [0.1, 0.15) is 29.8 Å². The highest BCUT2D eigenvalue weighted by molar-refractivity contribution is 5.30. The number of aromatic nitrogens is 2. The zero-order chi connectivity index (χ0) is 14.0. The van der Waals surface area contributed by atoms with Crippen LogP contribution < -0.4 is 5.73 Å². The van der Waals surface area contributed by atoms with E-state index in [0.29, 0.717) is 5.69 Å². The number of hydrogen-bond donors (Lipinski definition) is 1. The molecule has 0 aliphatic carbocycles. The van der Waals surface area contributed by atoms with Gasteiger partial charge in [-0.1, -0.05) is 18.2 Å². The molecule has 0 amide bonds. The maximum atomic E-state index is 12.9. The molecule has 1 aromatic carbocycles. The Morgan fingerprint density at radius 3 is 2.63 bits per heavy atom. The highest BCUT2D eigenvalue weighted by atomic mass is 19.4. The largest absolute Gasteiger partial charge is 0.416 e. The first-order chi connectivity index (χ1) is 8.89. The summed E-state index contributed by atoms with van der Waals surface area (Å²) in [7, 11) is 0. The Bertz CT molecular complexity index is 558. The number of halogens is 3. The molecule has 2 rings (SSSR count). The molecule has 0 aliphatic rings. The maximum absolute atomic E-state index is 12.9. The van der Waals surface area contributed by atoms with Crippen LogP contribution in [0.4, 0.5) is 13.2 Å². The topological polar surface area (TPSA) is 43.8 Å². The summed E-state index contributed by atoms with van der Waals surface area (Å²) in [5, 5.41) is 0. The summed E-state index contributed by atoms with van der Waals surface area (Å²) < 4.78 is 40.3. The fourth-order valence-electron chi connectivity index (χ4n) is 1.96. The van der Waals surface area contributed by atoms with E-state index in [1.165, 1.54) is 18.5 Å². The lowest BCUT2D eigenvalue weighted by Crippen LogP contribution is -2.15. The van der Waals surface area contributed by atoms with Crippen LogP contribution in [-0.4, -0.2) is 9.55 Å². The molecule has 0 aliphatic heterocycles. The fraction of sp³-hybridized carbons (Fsp3) is 0.308. The SMILES string of the molecule is C[C@@H](N)c1cncn1Cc1ccccc1C(F)(F)F. The molecule has 2 N–H and O–H groups in total. The molecule has 0 saturated carbocycles. The Morgan fingerprint density at radius 2 is 2.00 bits per heavy atom. The molecular weight excluding hydrogens is 255 g/mol. The monoisotopic (exact) mass is 269 g/mol. The number of hydrogen-bond acceptors (Lipinski definition) is 2. The summed E-state index contributed by atoms with van der Waals surface area (Å²) in [6, 6.07) is 5.24. The second-order valence-corrected chi connectivity index (χ2v) is 4.39. The summed E-state index contributed by atoms with van der Waals surface area (Å²) in [5.74, 6) is 0. The minimum atomic E-state index is -4.36. The van der Waals surface area contributed by atoms with Crippen molar-refractivity contribution in [1.29, 1.82) is 0 Å². The predicted molar refractivity (Wildman–Crippen MR) is 65.4 cm³/mol. The highest BCUT2D eigenvalue weighted by Gasteiger charge is 2.32. The minimum Gasteiger partial charge on any atom is -0.329 e. The zero-order valence-corrected chi connectivity index (χ0v) is 10.4. The van der Waals surface area contributed by atoms with Crippen molar-refractivity contribution < 1.29 is 13.2 Å². The predicted octanol–water partition coefficient (Wildman–Crippen LogP) is 2.97. The summed E-state index contributed by atoms with van der Waals surface area (Å²) in [5.41, 5.74) is 6.04. The Hall–Kier alpha value is -1.82. The molecule has 102 valence electrons. The van der Waals surface area contributed by atoms with E-state index in [9.17, 15) is 13.2 Å². The maximum Gasteiger partial charge on any atom is 0.416 e. The lowest BCUT2D eigenvalue weighted by atomic mass is 10.1. The van der Waals surface area contributed by atoms with Crippen LogP contribution in [0.2, 0.25) is 0 Å². The van der Waals surface area contributed by atoms with Gasteiger partial charge in [-0.15, -0.1) is 0 Å². The number of benzene rings is 1. The quantitative estimate of drug-likeness (QED) is 0.931. The van der Waals surface area contributed by atoms with Crippen molar-refractivity contribution in [2.24, 2.45) is 5.73 Å². The van der Waals surface area contributed by atoms with Gasteiger partial charge < -0.3 is 10.3 Å². The summed E-state index contributed by atoms with van der Waals surface area (Å²) in [6.07, 6.45) is -1.29. The van der Waals surface area contributed by atoms with Crippen molar-refractivity contribution in [3.05, 3.63) is 53.6 Å². The van der Waals surface area contributed by atoms with Crippen LogP contribution in [0.5, 0.6) is 0 Å². The third-order valence-corrected chi connectivity index (χ3v) is 2.87. The number of imidazole rings is 1. The van der Waals surface area contributed by atoms with Gasteiger partial charge in [0, 0.05) is 18.8 Å². The highest BCUT2D eigenvalue weighted by Crippen LogP contribution is 2.32. The van der Waals surface area contributed by atoms with Crippen molar-refractivity contribution in [3.8, 4) is 0 Å². The van der Waals surface area contributed by atoms with Crippen molar-refractivity contribution in [1.82, 2.24) is 9.55 Å². The van der Waals surface area contributed by atoms with E-state index >= 15 is 0 Å². The molecule has 0 spiro atoms. The molecule has 3 nitrogen and oxygen atoms in total. The third kappa shape index (κ3) is 2.96. The van der Waals surface area contributed by atoms with Gasteiger partial charge in [-0.25, -0.2) is 4.98 Å². The Kier molecular flexibility index (Phi) is 3.61. The summed E-state index contributed by atoms with van der Waals surface area (Å²) >= 11 is 0. The Labute approximate surface area is 108 Å². The lowest BCUT2D eigenvalue weighted by molar-refractivity contribution is -0.138. The fourth-order valence-corrected chi connectivity index (χ4v) is 1.96. The van der Waals surface area contributed by atoms with Crippen molar-refractivity contribution in [2.75, 3.05) is 0 Å². The van der Waals surface area contributed by atoms with Crippen LogP contribution in [0, 0.1) is 0 Å². The van der Waals surface area contributed by atoms with Crippen molar-refractivity contribution >= 4 is 0 Å². The molecule has 1 heterocycles. The van der Waals surface area contributed by atoms with E-state index in [4.69, 9.17) is 5.73 Å². The Balaban J connectivity index is 2.36. The van der Waals surface area contributed by atoms with Crippen LogP contribution >= 0.6 is 0 Å². The molecular formula is C13H14F3N3. The lowest BCUT2D eigenvalue weighted by Gasteiger charge is -2.15. The summed E-state index contributed by atoms with van der Waals surface area (Å²) in [4.78, 5) is 3.93. The van der Waals surface area contributed by atoms with Gasteiger partial charge in [0.05, 0.1) is 17.6 Å². The van der Waals surface area contributed by atoms with E-state index in [0.717, 1.165) is 6.07 Å². The average Bonchev–Trinajstić information content (AvgIpc) is 2.76. The smallest absolute Gasteiger partial charge is 0.329 e. The first-order valence-corrected chi connectivity index (χ1v) is 5.80. The van der Waals surface area contributed by atoms with E-state index in [1.54, 1.807) is 23.8 Å². The molecule has 0 unspecified atom stereocenters. The van der Waals surface area contributed by atoms with Crippen molar-refractivity contribution in [3.63, 3.8) is 0 Å². The van der Waals surface area contributed by atoms with Crippen LogP contribution in [0.3, 0.4) is 0 Å². The van der Waals surface area contributed by atoms with Gasteiger partial charge in [-0.05, 0) is 18.6 Å².